The summed E-state index contributed by atoms with van der Waals surface area (Å²) in [5.74, 6) is -0.876. The third-order valence-corrected chi connectivity index (χ3v) is 4.27. The molecule has 3 atom stereocenters. The molecule has 1 aromatic carbocycles. The van der Waals surface area contributed by atoms with Crippen LogP contribution in [0.15, 0.2) is 12.1 Å². The lowest BCUT2D eigenvalue weighted by atomic mass is 9.94. The number of aliphatic hydroxyl groups is 1. The van der Waals surface area contributed by atoms with Gasteiger partial charge in [0.1, 0.15) is 0 Å². The molecule has 3 rings (SSSR count). The zero-order valence-electron chi connectivity index (χ0n) is 9.61. The normalized spacial score (nSPS) is 31.6. The first-order chi connectivity index (χ1) is 8.10. The van der Waals surface area contributed by atoms with Crippen molar-refractivity contribution in [2.24, 2.45) is 5.92 Å². The highest BCUT2D eigenvalue weighted by atomic mass is 19.1. The minimum Gasteiger partial charge on any atom is -0.505 e. The van der Waals surface area contributed by atoms with E-state index in [1.54, 1.807) is 6.07 Å². The summed E-state index contributed by atoms with van der Waals surface area (Å²) in [6, 6.07) is 3.17. The Bertz CT molecular complexity index is 474. The first-order valence-electron chi connectivity index (χ1n) is 5.82. The summed E-state index contributed by atoms with van der Waals surface area (Å²) in [4.78, 5) is 0. The predicted octanol–water partition coefficient (Wildman–Crippen LogP) is 1.70. The monoisotopic (exact) mass is 238 g/mol. The van der Waals surface area contributed by atoms with Gasteiger partial charge >= 0.3 is 0 Å². The number of ether oxygens (including phenoxy) is 1. The molecule has 2 aliphatic rings. The maximum absolute atomic E-state index is 14.0. The number of halogens is 1. The van der Waals surface area contributed by atoms with Gasteiger partial charge in [0.05, 0.1) is 0 Å². The molecule has 0 aromatic heterocycles. The van der Waals surface area contributed by atoms with Crippen LogP contribution in [0.2, 0.25) is 0 Å². The molecule has 92 valence electrons. The smallest absolute Gasteiger partial charge is 0.168 e. The Morgan fingerprint density at radius 1 is 1.53 bits per heavy atom. The molecule has 0 heterocycles. The Labute approximate surface area is 98.8 Å². The number of methoxy groups -OCH3 is 1. The Kier molecular flexibility index (Phi) is 2.22. The third-order valence-electron chi connectivity index (χ3n) is 4.27. The highest BCUT2D eigenvalue weighted by molar-refractivity contribution is 5.49. The average Bonchev–Trinajstić information content (AvgIpc) is 2.92. The molecule has 0 amide bonds. The average molecular weight is 238 g/mol. The van der Waals surface area contributed by atoms with E-state index >= 15 is 0 Å². The largest absolute Gasteiger partial charge is 0.505 e. The minimum atomic E-state index is -0.845. The number of phenolic OH excluding ortho intramolecular Hbond substituents is 1. The van der Waals surface area contributed by atoms with Crippen LogP contribution in [0.4, 0.5) is 4.39 Å². The van der Waals surface area contributed by atoms with E-state index in [2.05, 4.69) is 0 Å². The van der Waals surface area contributed by atoms with Gasteiger partial charge in [-0.25, -0.2) is 4.39 Å². The molecule has 1 saturated carbocycles. The molecule has 4 heteroatoms. The van der Waals surface area contributed by atoms with Crippen molar-refractivity contribution >= 4 is 0 Å². The van der Waals surface area contributed by atoms with Gasteiger partial charge in [0.25, 0.3) is 0 Å². The van der Waals surface area contributed by atoms with Crippen molar-refractivity contribution in [3.05, 3.63) is 29.1 Å². The number of phenols is 1. The molecule has 1 spiro atoms. The van der Waals surface area contributed by atoms with E-state index in [4.69, 9.17) is 4.74 Å². The number of aryl methyl sites for hydroxylation is 1. The van der Waals surface area contributed by atoms with Gasteiger partial charge in [-0.1, -0.05) is 6.07 Å². The fourth-order valence-corrected chi connectivity index (χ4v) is 3.28. The first-order valence-corrected chi connectivity index (χ1v) is 5.82. The van der Waals surface area contributed by atoms with Crippen LogP contribution in [0.5, 0.6) is 5.75 Å². The Hall–Kier alpha value is -1.13. The molecule has 3 nitrogen and oxygen atoms in total. The van der Waals surface area contributed by atoms with E-state index in [0.717, 1.165) is 24.8 Å². The second-order valence-corrected chi connectivity index (χ2v) is 5.03. The van der Waals surface area contributed by atoms with Crippen molar-refractivity contribution in [3.8, 4) is 5.75 Å². The van der Waals surface area contributed by atoms with Crippen molar-refractivity contribution in [1.82, 2.24) is 0 Å². The highest BCUT2D eigenvalue weighted by Gasteiger charge is 2.62. The lowest BCUT2D eigenvalue weighted by Gasteiger charge is -2.15. The summed E-state index contributed by atoms with van der Waals surface area (Å²) in [5, 5.41) is 19.2. The topological polar surface area (TPSA) is 49.7 Å². The summed E-state index contributed by atoms with van der Waals surface area (Å²) in [5.41, 5.74) is 1.23. The molecule has 1 aromatic rings. The summed E-state index contributed by atoms with van der Waals surface area (Å²) in [7, 11) is 1.45. The number of hydrogen-bond donors (Lipinski definition) is 2. The van der Waals surface area contributed by atoms with E-state index in [-0.39, 0.29) is 17.1 Å². The SMILES string of the molecule is COC(O)C1CC12CCc1ccc(O)c(F)c12. The molecule has 0 saturated heterocycles. The number of hydrogen-bond acceptors (Lipinski definition) is 3. The molecule has 2 N–H and O–H groups in total. The second-order valence-electron chi connectivity index (χ2n) is 5.03. The van der Waals surface area contributed by atoms with E-state index in [1.165, 1.54) is 13.2 Å². The third kappa shape index (κ3) is 1.34. The van der Waals surface area contributed by atoms with Crippen molar-refractivity contribution < 1.29 is 19.3 Å². The van der Waals surface area contributed by atoms with Crippen LogP contribution < -0.4 is 0 Å². The van der Waals surface area contributed by atoms with Gasteiger partial charge in [0.15, 0.2) is 17.9 Å². The fourth-order valence-electron chi connectivity index (χ4n) is 3.28. The van der Waals surface area contributed by atoms with Crippen LogP contribution in [0.1, 0.15) is 24.0 Å². The summed E-state index contributed by atoms with van der Waals surface area (Å²) in [6.07, 6.45) is 1.52. The molecule has 17 heavy (non-hydrogen) atoms. The Balaban J connectivity index is 2.03. The minimum absolute atomic E-state index is 0.0509. The van der Waals surface area contributed by atoms with Gasteiger partial charge in [-0.15, -0.1) is 0 Å². The molecule has 2 aliphatic carbocycles. The van der Waals surface area contributed by atoms with E-state index in [1.807, 2.05) is 0 Å². The van der Waals surface area contributed by atoms with Crippen LogP contribution in [0.3, 0.4) is 0 Å². The highest BCUT2D eigenvalue weighted by Crippen LogP contribution is 2.63. The quantitative estimate of drug-likeness (QED) is 0.771. The van der Waals surface area contributed by atoms with Crippen molar-refractivity contribution in [3.63, 3.8) is 0 Å². The van der Waals surface area contributed by atoms with Crippen molar-refractivity contribution in [2.75, 3.05) is 7.11 Å². The Morgan fingerprint density at radius 3 is 3.00 bits per heavy atom. The Morgan fingerprint density at radius 2 is 2.29 bits per heavy atom. The standard InChI is InChI=1S/C13H15FO3/c1-17-12(16)8-6-13(8)5-4-7-2-3-9(15)11(14)10(7)13/h2-3,8,12,15-16H,4-6H2,1H3. The van der Waals surface area contributed by atoms with E-state index in [0.29, 0.717) is 5.56 Å². The van der Waals surface area contributed by atoms with Gasteiger partial charge in [-0.3, -0.25) is 0 Å². The number of aliphatic hydroxyl groups excluding tert-OH is 1. The molecule has 0 bridgehead atoms. The zero-order chi connectivity index (χ0) is 12.2. The van der Waals surface area contributed by atoms with E-state index < -0.39 is 12.1 Å². The molecular weight excluding hydrogens is 223 g/mol. The molecule has 0 radical (unpaired) electrons. The van der Waals surface area contributed by atoms with Gasteiger partial charge in [0.2, 0.25) is 0 Å². The van der Waals surface area contributed by atoms with Crippen LogP contribution in [0, 0.1) is 11.7 Å². The summed E-state index contributed by atoms with van der Waals surface area (Å²) in [6.45, 7) is 0. The van der Waals surface area contributed by atoms with Gasteiger partial charge in [-0.05, 0) is 30.9 Å². The maximum Gasteiger partial charge on any atom is 0.168 e. The van der Waals surface area contributed by atoms with Crippen LogP contribution >= 0.6 is 0 Å². The first kappa shape index (κ1) is 11.0. The molecule has 1 fully saturated rings. The molecular formula is C13H15FO3. The number of rotatable bonds is 2. The maximum atomic E-state index is 14.0. The van der Waals surface area contributed by atoms with Gasteiger partial charge in [-0.2, -0.15) is 0 Å². The fraction of sp³-hybridized carbons (Fsp3) is 0.538. The van der Waals surface area contributed by atoms with Crippen molar-refractivity contribution in [1.29, 1.82) is 0 Å². The molecule has 3 unspecified atom stereocenters. The zero-order valence-corrected chi connectivity index (χ0v) is 9.61. The lowest BCUT2D eigenvalue weighted by molar-refractivity contribution is -0.0931. The van der Waals surface area contributed by atoms with Crippen LogP contribution in [-0.2, 0) is 16.6 Å². The number of fused-ring (bicyclic) bond motifs is 2. The van der Waals surface area contributed by atoms with Crippen molar-refractivity contribution in [2.45, 2.75) is 31.0 Å². The number of aromatic hydroxyl groups is 1. The van der Waals surface area contributed by atoms with Crippen LogP contribution in [0.25, 0.3) is 0 Å². The van der Waals surface area contributed by atoms with Gasteiger partial charge < -0.3 is 14.9 Å². The summed E-state index contributed by atoms with van der Waals surface area (Å²) >= 11 is 0. The number of benzene rings is 1. The second kappa shape index (κ2) is 3.43. The summed E-state index contributed by atoms with van der Waals surface area (Å²) < 4.78 is 18.9. The predicted molar refractivity (Wildman–Crippen MR) is 59.2 cm³/mol. The van der Waals surface area contributed by atoms with Gasteiger partial charge in [0, 0.05) is 24.0 Å². The van der Waals surface area contributed by atoms with Crippen LogP contribution in [-0.4, -0.2) is 23.6 Å². The molecule has 0 aliphatic heterocycles. The van der Waals surface area contributed by atoms with E-state index in [9.17, 15) is 14.6 Å². The lowest BCUT2D eigenvalue weighted by Crippen LogP contribution is -2.19.